The monoisotopic (exact) mass is 324 g/mol. The molecule has 0 bridgehead atoms. The lowest BCUT2D eigenvalue weighted by molar-refractivity contribution is -0.274. The van der Waals surface area contributed by atoms with Gasteiger partial charge >= 0.3 is 6.36 Å². The molecule has 2 rings (SSSR count). The third kappa shape index (κ3) is 6.11. The van der Waals surface area contributed by atoms with Crippen molar-refractivity contribution in [3.8, 4) is 5.75 Å². The molecule has 1 aromatic carbocycles. The minimum absolute atomic E-state index is 0. The number of hydrogen-bond donors (Lipinski definition) is 1. The highest BCUT2D eigenvalue weighted by Gasteiger charge is 2.31. The van der Waals surface area contributed by atoms with E-state index >= 15 is 0 Å². The zero-order valence-corrected chi connectivity index (χ0v) is 12.4. The highest BCUT2D eigenvalue weighted by molar-refractivity contribution is 5.85. The molecule has 0 amide bonds. The Bertz CT molecular complexity index is 417. The van der Waals surface area contributed by atoms with Gasteiger partial charge < -0.3 is 10.5 Å². The van der Waals surface area contributed by atoms with Gasteiger partial charge in [0.2, 0.25) is 0 Å². The predicted octanol–water partition coefficient (Wildman–Crippen LogP) is 3.18. The van der Waals surface area contributed by atoms with E-state index < -0.39 is 6.36 Å². The molecule has 1 aliphatic rings. The van der Waals surface area contributed by atoms with Crippen molar-refractivity contribution >= 4 is 12.4 Å². The number of nitrogens with two attached hydrogens (primary N) is 1. The molecule has 0 aromatic heterocycles. The van der Waals surface area contributed by atoms with E-state index in [2.05, 4.69) is 9.64 Å². The van der Waals surface area contributed by atoms with Gasteiger partial charge in [-0.25, -0.2) is 0 Å². The first-order valence-corrected chi connectivity index (χ1v) is 6.73. The number of alkyl halides is 3. The Morgan fingerprint density at radius 2 is 1.71 bits per heavy atom. The lowest BCUT2D eigenvalue weighted by Gasteiger charge is -2.31. The van der Waals surface area contributed by atoms with Gasteiger partial charge in [-0.15, -0.1) is 25.6 Å². The van der Waals surface area contributed by atoms with Crippen molar-refractivity contribution in [2.45, 2.75) is 25.7 Å². The normalized spacial score (nSPS) is 17.3. The molecule has 1 saturated heterocycles. The molecule has 1 aromatic rings. The van der Waals surface area contributed by atoms with Crippen molar-refractivity contribution < 1.29 is 17.9 Å². The van der Waals surface area contributed by atoms with Crippen LogP contribution in [0.1, 0.15) is 18.4 Å². The molecular formula is C14H20ClF3N2O. The summed E-state index contributed by atoms with van der Waals surface area (Å²) in [6.45, 7) is 3.46. The highest BCUT2D eigenvalue weighted by Crippen LogP contribution is 2.24. The van der Waals surface area contributed by atoms with E-state index in [9.17, 15) is 13.2 Å². The number of rotatable bonds is 4. The number of halogens is 4. The van der Waals surface area contributed by atoms with Gasteiger partial charge in [0.05, 0.1) is 0 Å². The van der Waals surface area contributed by atoms with Gasteiger partial charge in [0.25, 0.3) is 0 Å². The molecule has 0 saturated carbocycles. The van der Waals surface area contributed by atoms with Crippen molar-refractivity contribution in [3.05, 3.63) is 29.8 Å². The molecular weight excluding hydrogens is 305 g/mol. The van der Waals surface area contributed by atoms with Gasteiger partial charge in [0.15, 0.2) is 0 Å². The molecule has 1 heterocycles. The Balaban J connectivity index is 0.00000220. The lowest BCUT2D eigenvalue weighted by Crippen LogP contribution is -2.35. The quantitative estimate of drug-likeness (QED) is 0.924. The fourth-order valence-electron chi connectivity index (χ4n) is 2.43. The van der Waals surface area contributed by atoms with Crippen LogP contribution in [-0.4, -0.2) is 30.9 Å². The number of hydrogen-bond acceptors (Lipinski definition) is 3. The summed E-state index contributed by atoms with van der Waals surface area (Å²) < 4.78 is 40.0. The van der Waals surface area contributed by atoms with Crippen LogP contribution < -0.4 is 10.5 Å². The molecule has 1 aliphatic heterocycles. The molecule has 1 fully saturated rings. The molecule has 7 heteroatoms. The molecule has 21 heavy (non-hydrogen) atoms. The molecule has 0 aliphatic carbocycles. The molecule has 120 valence electrons. The second-order valence-electron chi connectivity index (χ2n) is 5.15. The van der Waals surface area contributed by atoms with E-state index in [0.717, 1.165) is 44.6 Å². The van der Waals surface area contributed by atoms with E-state index in [1.807, 2.05) is 0 Å². The Kier molecular flexibility index (Phi) is 6.77. The van der Waals surface area contributed by atoms with Gasteiger partial charge in [0, 0.05) is 6.54 Å². The Hall–Kier alpha value is -0.980. The second-order valence-corrected chi connectivity index (χ2v) is 5.15. The first kappa shape index (κ1) is 18.1. The van der Waals surface area contributed by atoms with Crippen molar-refractivity contribution in [2.24, 2.45) is 11.7 Å². The zero-order chi connectivity index (χ0) is 14.6. The Morgan fingerprint density at radius 1 is 1.14 bits per heavy atom. The Morgan fingerprint density at radius 3 is 2.19 bits per heavy atom. The number of nitrogens with zero attached hydrogens (tertiary/aromatic N) is 1. The average molecular weight is 325 g/mol. The standard InChI is InChI=1S/C14H19F3N2O.ClH/c15-14(16,17)20-13-3-1-12(2-4-13)10-19-7-5-11(9-18)6-8-19;/h1-4,11H,5-10,18H2;1H. The summed E-state index contributed by atoms with van der Waals surface area (Å²) in [5.74, 6) is 0.428. The smallest absolute Gasteiger partial charge is 0.406 e. The minimum Gasteiger partial charge on any atom is -0.406 e. The summed E-state index contributed by atoms with van der Waals surface area (Å²) in [4.78, 5) is 2.30. The van der Waals surface area contributed by atoms with Gasteiger partial charge in [-0.1, -0.05) is 12.1 Å². The van der Waals surface area contributed by atoms with Gasteiger partial charge in [-0.2, -0.15) is 0 Å². The zero-order valence-electron chi connectivity index (χ0n) is 11.6. The number of piperidine rings is 1. The maximum absolute atomic E-state index is 12.0. The average Bonchev–Trinajstić information content (AvgIpc) is 2.40. The maximum atomic E-state index is 12.0. The van der Waals surface area contributed by atoms with E-state index in [-0.39, 0.29) is 18.2 Å². The van der Waals surface area contributed by atoms with E-state index in [4.69, 9.17) is 5.73 Å². The van der Waals surface area contributed by atoms with Gasteiger partial charge in [-0.3, -0.25) is 4.90 Å². The molecule has 0 radical (unpaired) electrons. The molecule has 3 nitrogen and oxygen atoms in total. The predicted molar refractivity (Wildman–Crippen MR) is 77.4 cm³/mol. The number of ether oxygens (including phenoxy) is 1. The summed E-state index contributed by atoms with van der Waals surface area (Å²) in [7, 11) is 0. The summed E-state index contributed by atoms with van der Waals surface area (Å²) >= 11 is 0. The first-order valence-electron chi connectivity index (χ1n) is 6.73. The van der Waals surface area contributed by atoms with Crippen LogP contribution in [0.5, 0.6) is 5.75 Å². The van der Waals surface area contributed by atoms with Crippen molar-refractivity contribution in [2.75, 3.05) is 19.6 Å². The third-order valence-corrected chi connectivity index (χ3v) is 3.60. The van der Waals surface area contributed by atoms with Crippen LogP contribution in [0.15, 0.2) is 24.3 Å². The number of likely N-dealkylation sites (tertiary alicyclic amines) is 1. The van der Waals surface area contributed by atoms with E-state index in [1.54, 1.807) is 12.1 Å². The highest BCUT2D eigenvalue weighted by atomic mass is 35.5. The second kappa shape index (κ2) is 7.87. The topological polar surface area (TPSA) is 38.5 Å². The third-order valence-electron chi connectivity index (χ3n) is 3.60. The van der Waals surface area contributed by atoms with Crippen LogP contribution in [0.3, 0.4) is 0 Å². The van der Waals surface area contributed by atoms with Crippen molar-refractivity contribution in [3.63, 3.8) is 0 Å². The van der Waals surface area contributed by atoms with E-state index in [1.165, 1.54) is 12.1 Å². The van der Waals surface area contributed by atoms with Crippen molar-refractivity contribution in [1.29, 1.82) is 0 Å². The SMILES string of the molecule is Cl.NCC1CCN(Cc2ccc(OC(F)(F)F)cc2)CC1. The summed E-state index contributed by atoms with van der Waals surface area (Å²) in [6.07, 6.45) is -2.46. The molecule has 2 N–H and O–H groups in total. The van der Waals surface area contributed by atoms with Crippen molar-refractivity contribution in [1.82, 2.24) is 4.90 Å². The van der Waals surface area contributed by atoms with Crippen LogP contribution in [0.4, 0.5) is 13.2 Å². The lowest BCUT2D eigenvalue weighted by atomic mass is 9.97. The van der Waals surface area contributed by atoms with Crippen LogP contribution in [0, 0.1) is 5.92 Å². The largest absolute Gasteiger partial charge is 0.573 e. The minimum atomic E-state index is -4.63. The van der Waals surface area contributed by atoms with Crippen LogP contribution in [0.25, 0.3) is 0 Å². The summed E-state index contributed by atoms with van der Waals surface area (Å²) in [5.41, 5.74) is 6.64. The summed E-state index contributed by atoms with van der Waals surface area (Å²) in [6, 6.07) is 6.07. The maximum Gasteiger partial charge on any atom is 0.573 e. The Labute approximate surface area is 128 Å². The number of benzene rings is 1. The van der Waals surface area contributed by atoms with Crippen LogP contribution in [-0.2, 0) is 6.54 Å². The van der Waals surface area contributed by atoms with Gasteiger partial charge in [0.1, 0.15) is 5.75 Å². The fourth-order valence-corrected chi connectivity index (χ4v) is 2.43. The fraction of sp³-hybridized carbons (Fsp3) is 0.571. The van der Waals surface area contributed by atoms with Crippen LogP contribution >= 0.6 is 12.4 Å². The molecule has 0 atom stereocenters. The molecule has 0 unspecified atom stereocenters. The molecule has 0 spiro atoms. The summed E-state index contributed by atoms with van der Waals surface area (Å²) in [5, 5.41) is 0. The van der Waals surface area contributed by atoms with Gasteiger partial charge in [-0.05, 0) is 56.1 Å². The van der Waals surface area contributed by atoms with E-state index in [0.29, 0.717) is 5.92 Å². The van der Waals surface area contributed by atoms with Crippen LogP contribution in [0.2, 0.25) is 0 Å². The first-order chi connectivity index (χ1) is 9.46.